The van der Waals surface area contributed by atoms with Crippen LogP contribution in [0.5, 0.6) is 40.2 Å². The van der Waals surface area contributed by atoms with Crippen LogP contribution in [0.25, 0.3) is 22.3 Å². The molecule has 0 bridgehead atoms. The maximum Gasteiger partial charge on any atom is 0.238 e. The van der Waals surface area contributed by atoms with Crippen molar-refractivity contribution in [2.75, 3.05) is 13.7 Å². The first-order chi connectivity index (χ1) is 16.8. The van der Waals surface area contributed by atoms with E-state index < -0.39 is 35.7 Å². The molecule has 1 aromatic heterocycles. The fourth-order valence-corrected chi connectivity index (χ4v) is 4.03. The highest BCUT2D eigenvalue weighted by atomic mass is 16.6. The number of aromatic hydroxyl groups is 4. The van der Waals surface area contributed by atoms with Gasteiger partial charge in [0.25, 0.3) is 0 Å². The second-order valence-electron chi connectivity index (χ2n) is 7.92. The third-order valence-electron chi connectivity index (χ3n) is 5.72. The molecule has 10 nitrogen and oxygen atoms in total. The minimum atomic E-state index is -0.872. The minimum Gasteiger partial charge on any atom is -0.508 e. The van der Waals surface area contributed by atoms with Gasteiger partial charge in [-0.2, -0.15) is 0 Å². The highest BCUT2D eigenvalue weighted by Crippen LogP contribution is 2.44. The lowest BCUT2D eigenvalue weighted by Gasteiger charge is -2.33. The Morgan fingerprint density at radius 2 is 1.71 bits per heavy atom. The molecule has 0 amide bonds. The quantitative estimate of drug-likeness (QED) is 0.294. The molecule has 0 saturated heterocycles. The Labute approximate surface area is 197 Å². The molecule has 4 aromatic rings. The van der Waals surface area contributed by atoms with Crippen LogP contribution >= 0.6 is 0 Å². The van der Waals surface area contributed by atoms with E-state index in [1.807, 2.05) is 0 Å². The summed E-state index contributed by atoms with van der Waals surface area (Å²) in [6.07, 6.45) is -1.54. The number of hydrogen-bond donors (Lipinski definition) is 5. The molecule has 3 aromatic carbocycles. The monoisotopic (exact) mass is 480 g/mol. The molecule has 2 heterocycles. The van der Waals surface area contributed by atoms with Crippen molar-refractivity contribution in [2.24, 2.45) is 0 Å². The molecule has 0 spiro atoms. The first-order valence-electron chi connectivity index (χ1n) is 10.5. The average molecular weight is 480 g/mol. The van der Waals surface area contributed by atoms with Gasteiger partial charge in [-0.15, -0.1) is 0 Å². The standard InChI is InChI=1S/C25H20O10/c1-32-17-6-11(2-4-14(17)28)24-20(10-26)33-18-7-12(3-5-16(18)34-24)25-23(31)22(30)21-15(29)8-13(27)9-19(21)35-25/h2-9,20,24,26-29,31H,10H2,1H3. The maximum absolute atomic E-state index is 12.6. The first-order valence-corrected chi connectivity index (χ1v) is 10.5. The normalized spacial score (nSPS) is 16.9. The van der Waals surface area contributed by atoms with Gasteiger partial charge in [0, 0.05) is 23.3 Å². The molecular formula is C25H20O10. The summed E-state index contributed by atoms with van der Waals surface area (Å²) in [7, 11) is 1.42. The Hall–Kier alpha value is -4.57. The van der Waals surface area contributed by atoms with Crippen LogP contribution in [-0.4, -0.2) is 45.4 Å². The summed E-state index contributed by atoms with van der Waals surface area (Å²) in [5.41, 5.74) is -0.132. The van der Waals surface area contributed by atoms with Gasteiger partial charge in [-0.25, -0.2) is 0 Å². The van der Waals surface area contributed by atoms with Gasteiger partial charge in [-0.1, -0.05) is 6.07 Å². The fourth-order valence-electron chi connectivity index (χ4n) is 4.03. The third kappa shape index (κ3) is 3.69. The van der Waals surface area contributed by atoms with Crippen LogP contribution in [0.2, 0.25) is 0 Å². The van der Waals surface area contributed by atoms with Crippen LogP contribution in [-0.2, 0) is 0 Å². The van der Waals surface area contributed by atoms with E-state index in [9.17, 15) is 30.3 Å². The SMILES string of the molecule is COc1cc(C2Oc3ccc(-c4oc5cc(O)cc(O)c5c(=O)c4O)cc3OC2CO)ccc1O. The fraction of sp³-hybridized carbons (Fsp3) is 0.160. The number of phenolic OH excluding ortho intramolecular Hbond substituents is 3. The Kier molecular flexibility index (Phi) is 5.29. The van der Waals surface area contributed by atoms with Crippen molar-refractivity contribution in [3.63, 3.8) is 0 Å². The van der Waals surface area contributed by atoms with E-state index in [1.165, 1.54) is 25.3 Å². The van der Waals surface area contributed by atoms with Crippen LogP contribution < -0.4 is 19.6 Å². The van der Waals surface area contributed by atoms with Crippen molar-refractivity contribution in [3.8, 4) is 51.6 Å². The van der Waals surface area contributed by atoms with Gasteiger partial charge in [0.1, 0.15) is 22.5 Å². The lowest BCUT2D eigenvalue weighted by atomic mass is 10.0. The number of phenols is 3. The van der Waals surface area contributed by atoms with Crippen LogP contribution in [0.4, 0.5) is 0 Å². The van der Waals surface area contributed by atoms with Crippen molar-refractivity contribution >= 4 is 11.0 Å². The molecule has 0 radical (unpaired) electrons. The Morgan fingerprint density at radius 1 is 0.914 bits per heavy atom. The molecule has 35 heavy (non-hydrogen) atoms. The van der Waals surface area contributed by atoms with Gasteiger partial charge in [0.2, 0.25) is 11.2 Å². The van der Waals surface area contributed by atoms with Crippen LogP contribution in [0.1, 0.15) is 11.7 Å². The number of aliphatic hydroxyl groups is 1. The molecule has 1 aliphatic heterocycles. The molecule has 1 aliphatic rings. The second-order valence-corrected chi connectivity index (χ2v) is 7.92. The largest absolute Gasteiger partial charge is 0.508 e. The second kappa shape index (κ2) is 8.33. The van der Waals surface area contributed by atoms with E-state index in [0.29, 0.717) is 11.3 Å². The predicted molar refractivity (Wildman–Crippen MR) is 122 cm³/mol. The highest BCUT2D eigenvalue weighted by molar-refractivity contribution is 5.88. The molecule has 0 fully saturated rings. The summed E-state index contributed by atoms with van der Waals surface area (Å²) in [4.78, 5) is 12.6. The van der Waals surface area contributed by atoms with E-state index in [0.717, 1.165) is 12.1 Å². The Bertz CT molecular complexity index is 1510. The third-order valence-corrected chi connectivity index (χ3v) is 5.72. The van der Waals surface area contributed by atoms with E-state index in [4.69, 9.17) is 18.6 Å². The number of hydrogen-bond acceptors (Lipinski definition) is 10. The van der Waals surface area contributed by atoms with Crippen LogP contribution in [0.3, 0.4) is 0 Å². The Morgan fingerprint density at radius 3 is 2.46 bits per heavy atom. The molecule has 10 heteroatoms. The summed E-state index contributed by atoms with van der Waals surface area (Å²) in [6.45, 7) is -0.396. The van der Waals surface area contributed by atoms with E-state index >= 15 is 0 Å². The summed E-state index contributed by atoms with van der Waals surface area (Å²) in [5.74, 6) is -1.04. The summed E-state index contributed by atoms with van der Waals surface area (Å²) < 4.78 is 22.8. The number of aliphatic hydroxyl groups excluding tert-OH is 1. The van der Waals surface area contributed by atoms with Crippen molar-refractivity contribution in [1.29, 1.82) is 0 Å². The number of ether oxygens (including phenoxy) is 3. The molecule has 180 valence electrons. The first kappa shape index (κ1) is 22.2. The van der Waals surface area contributed by atoms with Crippen LogP contribution in [0, 0.1) is 0 Å². The predicted octanol–water partition coefficient (Wildman–Crippen LogP) is 3.16. The van der Waals surface area contributed by atoms with E-state index in [2.05, 4.69) is 0 Å². The van der Waals surface area contributed by atoms with E-state index in [1.54, 1.807) is 18.2 Å². The molecule has 5 rings (SSSR count). The van der Waals surface area contributed by atoms with Crippen LogP contribution in [0.15, 0.2) is 57.7 Å². The lowest BCUT2D eigenvalue weighted by Crippen LogP contribution is -2.36. The zero-order valence-corrected chi connectivity index (χ0v) is 18.3. The molecule has 0 aliphatic carbocycles. The maximum atomic E-state index is 12.6. The number of rotatable bonds is 4. The number of methoxy groups -OCH3 is 1. The molecule has 5 N–H and O–H groups in total. The van der Waals surface area contributed by atoms with Gasteiger partial charge < -0.3 is 44.2 Å². The summed E-state index contributed by atoms with van der Waals surface area (Å²) in [6, 6.07) is 11.3. The zero-order valence-electron chi connectivity index (χ0n) is 18.3. The smallest absolute Gasteiger partial charge is 0.238 e. The minimum absolute atomic E-state index is 0.0445. The van der Waals surface area contributed by atoms with Crippen molar-refractivity contribution in [2.45, 2.75) is 12.2 Å². The Balaban J connectivity index is 1.56. The van der Waals surface area contributed by atoms with Gasteiger partial charge in [-0.3, -0.25) is 4.79 Å². The molecule has 0 saturated carbocycles. The summed E-state index contributed by atoms with van der Waals surface area (Å²) in [5, 5.41) is 49.7. The molecule has 2 atom stereocenters. The molecule has 2 unspecified atom stereocenters. The zero-order chi connectivity index (χ0) is 24.9. The van der Waals surface area contributed by atoms with Crippen molar-refractivity contribution in [1.82, 2.24) is 0 Å². The average Bonchev–Trinajstić information content (AvgIpc) is 2.85. The van der Waals surface area contributed by atoms with Gasteiger partial charge in [0.15, 0.2) is 41.0 Å². The van der Waals surface area contributed by atoms with E-state index in [-0.39, 0.29) is 45.3 Å². The number of benzene rings is 3. The van der Waals surface area contributed by atoms with Gasteiger partial charge >= 0.3 is 0 Å². The topological polar surface area (TPSA) is 159 Å². The highest BCUT2D eigenvalue weighted by Gasteiger charge is 2.34. The van der Waals surface area contributed by atoms with Gasteiger partial charge in [0.05, 0.1) is 13.7 Å². The van der Waals surface area contributed by atoms with Gasteiger partial charge in [-0.05, 0) is 30.3 Å². The van der Waals surface area contributed by atoms with Crippen molar-refractivity contribution in [3.05, 3.63) is 64.3 Å². The molecular weight excluding hydrogens is 460 g/mol. The number of fused-ring (bicyclic) bond motifs is 2. The van der Waals surface area contributed by atoms with Crippen molar-refractivity contribution < 1.29 is 44.2 Å². The lowest BCUT2D eigenvalue weighted by molar-refractivity contribution is -0.0123. The summed E-state index contributed by atoms with van der Waals surface area (Å²) >= 11 is 0.